The molecule has 1 aliphatic heterocycles. The van der Waals surface area contributed by atoms with Crippen molar-refractivity contribution < 1.29 is 19.0 Å². The molecule has 5 rings (SSSR count). The molecule has 9 nitrogen and oxygen atoms in total. The lowest BCUT2D eigenvalue weighted by molar-refractivity contribution is -0.115. The van der Waals surface area contributed by atoms with E-state index in [2.05, 4.69) is 10.3 Å². The van der Waals surface area contributed by atoms with Crippen LogP contribution in [0.2, 0.25) is 0 Å². The van der Waals surface area contributed by atoms with E-state index in [-0.39, 0.29) is 0 Å². The SMILES string of the molecule is COc1cccc(-c2nc3n(n2)C(c2ccc(OCc4ccccc4)c(OC)c2)C(C(N)=O)=C(C)N3)c1. The molecule has 3 aromatic carbocycles. The highest BCUT2D eigenvalue weighted by Gasteiger charge is 2.34. The molecule has 3 N–H and O–H groups in total. The number of aromatic nitrogens is 3. The van der Waals surface area contributed by atoms with Crippen LogP contribution in [-0.4, -0.2) is 34.9 Å². The minimum absolute atomic E-state index is 0.384. The van der Waals surface area contributed by atoms with Crippen molar-refractivity contribution in [2.75, 3.05) is 19.5 Å². The monoisotopic (exact) mass is 497 g/mol. The maximum atomic E-state index is 12.6. The summed E-state index contributed by atoms with van der Waals surface area (Å²) in [5.74, 6) is 2.23. The molecule has 0 aliphatic carbocycles. The largest absolute Gasteiger partial charge is 0.497 e. The van der Waals surface area contributed by atoms with Crippen molar-refractivity contribution in [3.63, 3.8) is 0 Å². The number of benzene rings is 3. The lowest BCUT2D eigenvalue weighted by Gasteiger charge is -2.28. The molecule has 37 heavy (non-hydrogen) atoms. The first-order chi connectivity index (χ1) is 18.0. The van der Waals surface area contributed by atoms with Gasteiger partial charge in [-0.25, -0.2) is 4.68 Å². The second-order valence-electron chi connectivity index (χ2n) is 8.55. The number of hydrogen-bond acceptors (Lipinski definition) is 7. The molecule has 0 spiro atoms. The van der Waals surface area contributed by atoms with Gasteiger partial charge in [0.25, 0.3) is 0 Å². The number of nitrogens with two attached hydrogens (primary N) is 1. The first kappa shape index (κ1) is 23.9. The minimum atomic E-state index is -0.613. The van der Waals surface area contributed by atoms with E-state index in [0.717, 1.165) is 16.7 Å². The minimum Gasteiger partial charge on any atom is -0.497 e. The summed E-state index contributed by atoms with van der Waals surface area (Å²) in [4.78, 5) is 17.3. The Labute approximate surface area is 214 Å². The number of anilines is 1. The van der Waals surface area contributed by atoms with Crippen LogP contribution >= 0.6 is 0 Å². The van der Waals surface area contributed by atoms with Crippen molar-refractivity contribution in [3.8, 4) is 28.6 Å². The normalized spacial score (nSPS) is 14.5. The smallest absolute Gasteiger partial charge is 0.248 e. The molecule has 1 amide bonds. The Morgan fingerprint density at radius 3 is 2.54 bits per heavy atom. The Balaban J connectivity index is 1.54. The highest BCUT2D eigenvalue weighted by Crippen LogP contribution is 2.39. The molecule has 188 valence electrons. The van der Waals surface area contributed by atoms with Crippen LogP contribution in [0.4, 0.5) is 5.95 Å². The third kappa shape index (κ3) is 4.71. The number of ether oxygens (including phenoxy) is 3. The number of carbonyl (C=O) groups excluding carboxylic acids is 1. The lowest BCUT2D eigenvalue weighted by Crippen LogP contribution is -2.31. The van der Waals surface area contributed by atoms with E-state index in [1.54, 1.807) is 25.8 Å². The molecule has 2 heterocycles. The summed E-state index contributed by atoms with van der Waals surface area (Å²) in [5.41, 5.74) is 9.41. The highest BCUT2D eigenvalue weighted by atomic mass is 16.5. The average molecular weight is 498 g/mol. The average Bonchev–Trinajstić information content (AvgIpc) is 3.35. The van der Waals surface area contributed by atoms with Gasteiger partial charge in [-0.1, -0.05) is 48.5 Å². The maximum absolute atomic E-state index is 12.6. The van der Waals surface area contributed by atoms with Crippen LogP contribution in [0.3, 0.4) is 0 Å². The predicted octanol–water partition coefficient (Wildman–Crippen LogP) is 4.32. The van der Waals surface area contributed by atoms with Gasteiger partial charge in [0.05, 0.1) is 19.8 Å². The number of rotatable bonds is 8. The molecule has 0 saturated heterocycles. The Morgan fingerprint density at radius 2 is 1.81 bits per heavy atom. The number of carbonyl (C=O) groups is 1. The molecule has 9 heteroatoms. The van der Waals surface area contributed by atoms with Crippen molar-refractivity contribution in [2.24, 2.45) is 5.73 Å². The van der Waals surface area contributed by atoms with Gasteiger partial charge in [0, 0.05) is 11.3 Å². The molecule has 1 atom stereocenters. The summed E-state index contributed by atoms with van der Waals surface area (Å²) in [6.45, 7) is 2.19. The van der Waals surface area contributed by atoms with Crippen LogP contribution in [-0.2, 0) is 11.4 Å². The van der Waals surface area contributed by atoms with Crippen molar-refractivity contribution in [1.82, 2.24) is 14.8 Å². The van der Waals surface area contributed by atoms with Crippen molar-refractivity contribution in [3.05, 3.63) is 95.2 Å². The van der Waals surface area contributed by atoms with Crippen LogP contribution < -0.4 is 25.3 Å². The van der Waals surface area contributed by atoms with Crippen LogP contribution in [0.25, 0.3) is 11.4 Å². The number of nitrogens with zero attached hydrogens (tertiary/aromatic N) is 3. The standard InChI is InChI=1S/C28H27N5O4/c1-17-24(26(29)34)25(33-28(30-17)31-27(32-33)20-10-7-11-21(14-20)35-2)19-12-13-22(23(15-19)36-3)37-16-18-8-5-4-6-9-18/h4-15,25H,16H2,1-3H3,(H2,29,34)(H,30,31,32). The van der Waals surface area contributed by atoms with Gasteiger partial charge in [0.2, 0.25) is 11.9 Å². The van der Waals surface area contributed by atoms with Crippen molar-refractivity contribution in [2.45, 2.75) is 19.6 Å². The van der Waals surface area contributed by atoms with E-state index in [4.69, 9.17) is 25.0 Å². The maximum Gasteiger partial charge on any atom is 0.248 e. The van der Waals surface area contributed by atoms with Crippen LogP contribution in [0.1, 0.15) is 24.1 Å². The number of nitrogens with one attached hydrogen (secondary N) is 1. The zero-order valence-corrected chi connectivity index (χ0v) is 20.8. The number of hydrogen-bond donors (Lipinski definition) is 2. The van der Waals surface area contributed by atoms with E-state index < -0.39 is 11.9 Å². The Hall–Kier alpha value is -4.79. The summed E-state index contributed by atoms with van der Waals surface area (Å²) in [5, 5.41) is 7.92. The fraction of sp³-hybridized carbons (Fsp3) is 0.179. The van der Waals surface area contributed by atoms with Gasteiger partial charge in [-0.2, -0.15) is 4.98 Å². The number of allylic oxidation sites excluding steroid dienone is 1. The zero-order chi connectivity index (χ0) is 25.9. The first-order valence-electron chi connectivity index (χ1n) is 11.7. The quantitative estimate of drug-likeness (QED) is 0.373. The summed E-state index contributed by atoms with van der Waals surface area (Å²) >= 11 is 0. The van der Waals surface area contributed by atoms with Crippen molar-refractivity contribution >= 4 is 11.9 Å². The van der Waals surface area contributed by atoms with Gasteiger partial charge in [-0.3, -0.25) is 4.79 Å². The number of amides is 1. The van der Waals surface area contributed by atoms with E-state index in [1.165, 1.54) is 0 Å². The first-order valence-corrected chi connectivity index (χ1v) is 11.7. The fourth-order valence-corrected chi connectivity index (χ4v) is 4.37. The third-order valence-corrected chi connectivity index (χ3v) is 6.19. The highest BCUT2D eigenvalue weighted by molar-refractivity contribution is 5.95. The second kappa shape index (κ2) is 10.1. The summed E-state index contributed by atoms with van der Waals surface area (Å²) in [6, 6.07) is 22.3. The molecule has 1 unspecified atom stereocenters. The number of fused-ring (bicyclic) bond motifs is 1. The van der Waals surface area contributed by atoms with Gasteiger partial charge >= 0.3 is 0 Å². The molecule has 1 aromatic heterocycles. The van der Waals surface area contributed by atoms with Gasteiger partial charge in [0.1, 0.15) is 18.4 Å². The second-order valence-corrected chi connectivity index (χ2v) is 8.55. The molecule has 0 fully saturated rings. The van der Waals surface area contributed by atoms with Crippen LogP contribution in [0.15, 0.2) is 84.1 Å². The topological polar surface area (TPSA) is 114 Å². The summed E-state index contributed by atoms with van der Waals surface area (Å²) < 4.78 is 18.7. The van der Waals surface area contributed by atoms with Gasteiger partial charge in [-0.05, 0) is 42.3 Å². The lowest BCUT2D eigenvalue weighted by atomic mass is 9.95. The third-order valence-electron chi connectivity index (χ3n) is 6.19. The molecule has 0 bridgehead atoms. The van der Waals surface area contributed by atoms with E-state index >= 15 is 0 Å². The molecule has 4 aromatic rings. The van der Waals surface area contributed by atoms with Crippen molar-refractivity contribution in [1.29, 1.82) is 0 Å². The molecule has 1 aliphatic rings. The molecule has 0 saturated carbocycles. The Bertz CT molecular complexity index is 1480. The fourth-order valence-electron chi connectivity index (χ4n) is 4.37. The van der Waals surface area contributed by atoms with E-state index in [0.29, 0.717) is 46.9 Å². The van der Waals surface area contributed by atoms with Crippen LogP contribution in [0, 0.1) is 0 Å². The number of methoxy groups -OCH3 is 2. The Kier molecular flexibility index (Phi) is 6.51. The summed E-state index contributed by atoms with van der Waals surface area (Å²) in [6.07, 6.45) is 0. The van der Waals surface area contributed by atoms with E-state index in [1.807, 2.05) is 72.8 Å². The summed E-state index contributed by atoms with van der Waals surface area (Å²) in [7, 11) is 3.18. The predicted molar refractivity (Wildman–Crippen MR) is 139 cm³/mol. The van der Waals surface area contributed by atoms with Gasteiger partial charge in [-0.15, -0.1) is 5.10 Å². The zero-order valence-electron chi connectivity index (χ0n) is 20.8. The van der Waals surface area contributed by atoms with Crippen LogP contribution in [0.5, 0.6) is 17.2 Å². The molecule has 0 radical (unpaired) electrons. The molecular weight excluding hydrogens is 470 g/mol. The van der Waals surface area contributed by atoms with Gasteiger partial charge < -0.3 is 25.3 Å². The van der Waals surface area contributed by atoms with Gasteiger partial charge in [0.15, 0.2) is 17.3 Å². The van der Waals surface area contributed by atoms with E-state index in [9.17, 15) is 4.79 Å². The Morgan fingerprint density at radius 1 is 1.00 bits per heavy atom. The number of primary amides is 1. The molecular formula is C28H27N5O4.